The standard InChI is InChI=1S/C8H10N2S.C2H6.H3P/c1-3-6-5-8(11-9)10-7(6)4-2;1-2;/h3-5,10H,1-2,9H2;1-2H3;1H3. The van der Waals surface area contributed by atoms with Gasteiger partial charge in [0.15, 0.2) is 0 Å². The molecule has 1 aromatic rings. The summed E-state index contributed by atoms with van der Waals surface area (Å²) in [5.74, 6) is 0. The Morgan fingerprint density at radius 3 is 2.21 bits per heavy atom. The highest BCUT2D eigenvalue weighted by Gasteiger charge is 2.00. The van der Waals surface area contributed by atoms with Gasteiger partial charge in [-0.05, 0) is 29.7 Å². The zero-order valence-corrected chi connectivity index (χ0v) is 11.1. The van der Waals surface area contributed by atoms with E-state index in [9.17, 15) is 0 Å². The predicted molar refractivity (Wildman–Crippen MR) is 73.5 cm³/mol. The molecule has 4 heteroatoms. The Labute approximate surface area is 93.8 Å². The summed E-state index contributed by atoms with van der Waals surface area (Å²) >= 11 is 1.18. The van der Waals surface area contributed by atoms with Crippen LogP contribution in [0.25, 0.3) is 12.2 Å². The molecule has 0 saturated carbocycles. The van der Waals surface area contributed by atoms with Gasteiger partial charge in [0.1, 0.15) is 0 Å². The molecule has 0 aliphatic rings. The molecule has 1 atom stereocenters. The molecule has 80 valence electrons. The van der Waals surface area contributed by atoms with E-state index < -0.39 is 0 Å². The molecule has 0 aliphatic carbocycles. The minimum atomic E-state index is 0. The molecule has 0 saturated heterocycles. The predicted octanol–water partition coefficient (Wildman–Crippen LogP) is 3.35. The number of rotatable bonds is 3. The zero-order chi connectivity index (χ0) is 10.3. The maximum absolute atomic E-state index is 5.36. The average molecular weight is 230 g/mol. The highest BCUT2D eigenvalue weighted by atomic mass is 32.2. The lowest BCUT2D eigenvalue weighted by atomic mass is 10.2. The second kappa shape index (κ2) is 9.07. The van der Waals surface area contributed by atoms with Gasteiger partial charge in [-0.25, -0.2) is 0 Å². The first-order valence-electron chi connectivity index (χ1n) is 4.16. The summed E-state index contributed by atoms with van der Waals surface area (Å²) in [5, 5.41) is 6.28. The van der Waals surface area contributed by atoms with Crippen LogP contribution >= 0.6 is 21.8 Å². The van der Waals surface area contributed by atoms with Gasteiger partial charge in [0.05, 0.1) is 5.03 Å². The van der Waals surface area contributed by atoms with Crippen molar-refractivity contribution in [3.05, 3.63) is 30.5 Å². The quantitative estimate of drug-likeness (QED) is 0.617. The van der Waals surface area contributed by atoms with Crippen LogP contribution in [-0.2, 0) is 0 Å². The Hall–Kier alpha value is -0.500. The van der Waals surface area contributed by atoms with Crippen molar-refractivity contribution >= 4 is 34.0 Å². The van der Waals surface area contributed by atoms with Crippen LogP contribution in [-0.4, -0.2) is 4.98 Å². The molecule has 1 rings (SSSR count). The van der Waals surface area contributed by atoms with E-state index >= 15 is 0 Å². The van der Waals surface area contributed by atoms with Crippen LogP contribution in [0.3, 0.4) is 0 Å². The summed E-state index contributed by atoms with van der Waals surface area (Å²) in [4.78, 5) is 3.08. The largest absolute Gasteiger partial charge is 0.349 e. The molecule has 0 fully saturated rings. The van der Waals surface area contributed by atoms with Crippen LogP contribution < -0.4 is 5.14 Å². The maximum atomic E-state index is 5.36. The molecule has 0 amide bonds. The highest BCUT2D eigenvalue weighted by Crippen LogP contribution is 2.18. The number of hydrogen-bond acceptors (Lipinski definition) is 2. The molecule has 3 N–H and O–H groups in total. The van der Waals surface area contributed by atoms with Crippen molar-refractivity contribution in [3.63, 3.8) is 0 Å². The van der Waals surface area contributed by atoms with Crippen LogP contribution in [0.15, 0.2) is 24.3 Å². The molecule has 1 aromatic heterocycles. The van der Waals surface area contributed by atoms with E-state index in [1.165, 1.54) is 11.9 Å². The number of hydrogen-bond donors (Lipinski definition) is 2. The second-order valence-electron chi connectivity index (χ2n) is 2.03. The third-order valence-electron chi connectivity index (χ3n) is 1.41. The average Bonchev–Trinajstić information content (AvgIpc) is 2.63. The molecule has 0 bridgehead atoms. The molecule has 0 aromatic carbocycles. The van der Waals surface area contributed by atoms with E-state index in [-0.39, 0.29) is 9.90 Å². The van der Waals surface area contributed by atoms with Crippen molar-refractivity contribution in [2.75, 3.05) is 0 Å². The number of H-pyrrole nitrogens is 1. The number of aromatic nitrogens is 1. The van der Waals surface area contributed by atoms with Crippen LogP contribution in [0.4, 0.5) is 0 Å². The lowest BCUT2D eigenvalue weighted by Crippen LogP contribution is -1.78. The van der Waals surface area contributed by atoms with Crippen LogP contribution in [0.5, 0.6) is 0 Å². The first-order chi connectivity index (χ1) is 6.31. The molecule has 1 unspecified atom stereocenters. The summed E-state index contributed by atoms with van der Waals surface area (Å²) in [7, 11) is 0. The fraction of sp³-hybridized carbons (Fsp3) is 0.200. The van der Waals surface area contributed by atoms with Crippen LogP contribution in [0, 0.1) is 0 Å². The van der Waals surface area contributed by atoms with Crippen LogP contribution in [0.1, 0.15) is 25.1 Å². The molecule has 14 heavy (non-hydrogen) atoms. The van der Waals surface area contributed by atoms with E-state index in [4.69, 9.17) is 5.14 Å². The van der Waals surface area contributed by atoms with Crippen molar-refractivity contribution in [3.8, 4) is 0 Å². The lowest BCUT2D eigenvalue weighted by Gasteiger charge is -1.87. The minimum absolute atomic E-state index is 0. The maximum Gasteiger partial charge on any atom is 0.0883 e. The van der Waals surface area contributed by atoms with Gasteiger partial charge in [0.2, 0.25) is 0 Å². The van der Waals surface area contributed by atoms with Gasteiger partial charge in [-0.2, -0.15) is 9.90 Å². The van der Waals surface area contributed by atoms with E-state index in [1.807, 2.05) is 19.9 Å². The van der Waals surface area contributed by atoms with Gasteiger partial charge in [-0.1, -0.05) is 33.1 Å². The zero-order valence-electron chi connectivity index (χ0n) is 8.84. The van der Waals surface area contributed by atoms with Crippen molar-refractivity contribution in [2.45, 2.75) is 18.9 Å². The van der Waals surface area contributed by atoms with E-state index in [2.05, 4.69) is 18.1 Å². The third-order valence-corrected chi connectivity index (χ3v) is 1.88. The highest BCUT2D eigenvalue weighted by molar-refractivity contribution is 7.97. The fourth-order valence-electron chi connectivity index (χ4n) is 0.861. The summed E-state index contributed by atoms with van der Waals surface area (Å²) in [6, 6.07) is 1.94. The Morgan fingerprint density at radius 1 is 1.36 bits per heavy atom. The molecular weight excluding hydrogens is 211 g/mol. The molecule has 0 spiro atoms. The molecule has 0 aliphatic heterocycles. The summed E-state index contributed by atoms with van der Waals surface area (Å²) in [6.07, 6.45) is 3.52. The SMILES string of the molecule is C=Cc1cc(SN)[nH]c1C=C.CC.P. The third kappa shape index (κ3) is 4.14. The Morgan fingerprint density at radius 2 is 1.93 bits per heavy atom. The molecule has 0 radical (unpaired) electrons. The number of aromatic amines is 1. The Kier molecular flexibility index (Phi) is 10.3. The van der Waals surface area contributed by atoms with Gasteiger partial charge in [-0.3, -0.25) is 5.14 Å². The van der Waals surface area contributed by atoms with Crippen molar-refractivity contribution in [1.29, 1.82) is 0 Å². The van der Waals surface area contributed by atoms with E-state index in [1.54, 1.807) is 12.2 Å². The monoisotopic (exact) mass is 230 g/mol. The van der Waals surface area contributed by atoms with E-state index in [0.29, 0.717) is 0 Å². The number of nitrogens with two attached hydrogens (primary N) is 1. The first-order valence-corrected chi connectivity index (χ1v) is 5.04. The minimum Gasteiger partial charge on any atom is -0.349 e. The topological polar surface area (TPSA) is 41.8 Å². The Balaban J connectivity index is 0. The van der Waals surface area contributed by atoms with Gasteiger partial charge in [0, 0.05) is 5.69 Å². The molecule has 2 nitrogen and oxygen atoms in total. The molecule has 1 heterocycles. The normalized spacial score (nSPS) is 7.93. The van der Waals surface area contributed by atoms with Gasteiger partial charge in [-0.15, -0.1) is 0 Å². The second-order valence-corrected chi connectivity index (χ2v) is 2.70. The summed E-state index contributed by atoms with van der Waals surface area (Å²) in [5.41, 5.74) is 2.00. The van der Waals surface area contributed by atoms with Gasteiger partial charge >= 0.3 is 0 Å². The van der Waals surface area contributed by atoms with Gasteiger partial charge < -0.3 is 4.98 Å². The lowest BCUT2D eigenvalue weighted by molar-refractivity contribution is 1.19. The smallest absolute Gasteiger partial charge is 0.0883 e. The van der Waals surface area contributed by atoms with Crippen LogP contribution in [0.2, 0.25) is 0 Å². The molecular formula is C10H19N2PS. The Bertz CT molecular complexity index is 256. The number of nitrogens with one attached hydrogen (secondary N) is 1. The van der Waals surface area contributed by atoms with Crippen molar-refractivity contribution in [1.82, 2.24) is 4.98 Å². The summed E-state index contributed by atoms with van der Waals surface area (Å²) < 4.78 is 0. The first kappa shape index (κ1) is 15.9. The summed E-state index contributed by atoms with van der Waals surface area (Å²) in [6.45, 7) is 11.3. The van der Waals surface area contributed by atoms with Crippen molar-refractivity contribution in [2.24, 2.45) is 5.14 Å². The van der Waals surface area contributed by atoms with Gasteiger partial charge in [0.25, 0.3) is 0 Å². The van der Waals surface area contributed by atoms with Crippen molar-refractivity contribution < 1.29 is 0 Å². The fourth-order valence-corrected chi connectivity index (χ4v) is 1.23. The van der Waals surface area contributed by atoms with E-state index in [0.717, 1.165) is 16.3 Å².